The summed E-state index contributed by atoms with van der Waals surface area (Å²) in [5.74, 6) is -0.683. The standard InChI is InChI=1S/C15H27N3O3/c1-11(2)8-18(10-14(19)20)15(21)17-7-6-12-4-5-13(9-17)16(12)3/h11-13H,4-10H2,1-3H3,(H,19,20). The molecule has 2 rings (SSSR count). The van der Waals surface area contributed by atoms with Gasteiger partial charge in [-0.15, -0.1) is 0 Å². The van der Waals surface area contributed by atoms with Gasteiger partial charge in [0.2, 0.25) is 0 Å². The number of aliphatic carboxylic acids is 1. The van der Waals surface area contributed by atoms with E-state index < -0.39 is 5.97 Å². The summed E-state index contributed by atoms with van der Waals surface area (Å²) in [5, 5.41) is 9.03. The highest BCUT2D eigenvalue weighted by molar-refractivity contribution is 5.80. The van der Waals surface area contributed by atoms with Gasteiger partial charge in [0, 0.05) is 31.7 Å². The molecule has 6 heteroatoms. The number of likely N-dealkylation sites (tertiary alicyclic amines) is 1. The predicted octanol–water partition coefficient (Wildman–Crippen LogP) is 1.32. The summed E-state index contributed by atoms with van der Waals surface area (Å²) in [6.07, 6.45) is 3.34. The number of likely N-dealkylation sites (N-methyl/N-ethyl adjacent to an activating group) is 1. The Morgan fingerprint density at radius 1 is 1.24 bits per heavy atom. The molecule has 0 aromatic heterocycles. The van der Waals surface area contributed by atoms with E-state index in [2.05, 4.69) is 11.9 Å². The monoisotopic (exact) mass is 297 g/mol. The Balaban J connectivity index is 2.03. The van der Waals surface area contributed by atoms with Crippen LogP contribution in [0.1, 0.15) is 33.1 Å². The van der Waals surface area contributed by atoms with Crippen molar-refractivity contribution in [2.75, 3.05) is 33.2 Å². The van der Waals surface area contributed by atoms with Crippen LogP contribution >= 0.6 is 0 Å². The molecule has 2 aliphatic rings. The van der Waals surface area contributed by atoms with Crippen molar-refractivity contribution in [3.05, 3.63) is 0 Å². The summed E-state index contributed by atoms with van der Waals surface area (Å²) < 4.78 is 0. The smallest absolute Gasteiger partial charge is 0.323 e. The van der Waals surface area contributed by atoms with Gasteiger partial charge in [0.1, 0.15) is 6.54 Å². The minimum atomic E-state index is -0.947. The lowest BCUT2D eigenvalue weighted by molar-refractivity contribution is -0.137. The SMILES string of the molecule is CC(C)CN(CC(=O)O)C(=O)N1CCC2CCC(C1)N2C. The van der Waals surface area contributed by atoms with E-state index in [-0.39, 0.29) is 18.5 Å². The number of fused-ring (bicyclic) bond motifs is 2. The maximum absolute atomic E-state index is 12.7. The lowest BCUT2D eigenvalue weighted by atomic mass is 10.1. The molecule has 120 valence electrons. The maximum atomic E-state index is 12.7. The second kappa shape index (κ2) is 6.64. The predicted molar refractivity (Wildman–Crippen MR) is 80.2 cm³/mol. The van der Waals surface area contributed by atoms with Crippen molar-refractivity contribution in [1.82, 2.24) is 14.7 Å². The van der Waals surface area contributed by atoms with E-state index in [4.69, 9.17) is 5.11 Å². The summed E-state index contributed by atoms with van der Waals surface area (Å²) >= 11 is 0. The fourth-order valence-corrected chi connectivity index (χ4v) is 3.50. The second-order valence-electron chi connectivity index (χ2n) is 6.74. The van der Waals surface area contributed by atoms with Gasteiger partial charge in [0.25, 0.3) is 0 Å². The zero-order chi connectivity index (χ0) is 15.6. The number of rotatable bonds is 4. The average molecular weight is 297 g/mol. The van der Waals surface area contributed by atoms with E-state index in [0.29, 0.717) is 18.6 Å². The molecular weight excluding hydrogens is 270 g/mol. The molecule has 2 saturated heterocycles. The van der Waals surface area contributed by atoms with E-state index in [1.54, 1.807) is 0 Å². The quantitative estimate of drug-likeness (QED) is 0.850. The zero-order valence-electron chi connectivity index (χ0n) is 13.3. The Bertz CT molecular complexity index is 400. The first-order chi connectivity index (χ1) is 9.88. The molecule has 2 heterocycles. The molecule has 2 amide bonds. The van der Waals surface area contributed by atoms with Crippen LogP contribution in [0.5, 0.6) is 0 Å². The van der Waals surface area contributed by atoms with E-state index in [9.17, 15) is 9.59 Å². The molecule has 1 N–H and O–H groups in total. The van der Waals surface area contributed by atoms with Crippen molar-refractivity contribution in [1.29, 1.82) is 0 Å². The molecule has 21 heavy (non-hydrogen) atoms. The summed E-state index contributed by atoms with van der Waals surface area (Å²) in [6, 6.07) is 0.880. The zero-order valence-corrected chi connectivity index (χ0v) is 13.3. The summed E-state index contributed by atoms with van der Waals surface area (Å²) in [4.78, 5) is 29.4. The highest BCUT2D eigenvalue weighted by Gasteiger charge is 2.37. The van der Waals surface area contributed by atoms with E-state index in [1.807, 2.05) is 18.7 Å². The van der Waals surface area contributed by atoms with Crippen molar-refractivity contribution in [3.63, 3.8) is 0 Å². The first-order valence-electron chi connectivity index (χ1n) is 7.86. The normalized spacial score (nSPS) is 26.0. The maximum Gasteiger partial charge on any atom is 0.323 e. The molecule has 2 unspecified atom stereocenters. The molecule has 2 aliphatic heterocycles. The molecular formula is C15H27N3O3. The van der Waals surface area contributed by atoms with Crippen LogP contribution in [0.4, 0.5) is 4.79 Å². The molecule has 0 aliphatic carbocycles. The Kier molecular flexibility index (Phi) is 5.08. The van der Waals surface area contributed by atoms with E-state index >= 15 is 0 Å². The molecule has 0 radical (unpaired) electrons. The van der Waals surface area contributed by atoms with Crippen molar-refractivity contribution < 1.29 is 14.7 Å². The minimum Gasteiger partial charge on any atom is -0.480 e. The van der Waals surface area contributed by atoms with Gasteiger partial charge < -0.3 is 14.9 Å². The largest absolute Gasteiger partial charge is 0.480 e. The van der Waals surface area contributed by atoms with Crippen LogP contribution in [0.2, 0.25) is 0 Å². The van der Waals surface area contributed by atoms with Gasteiger partial charge in [0.05, 0.1) is 0 Å². The van der Waals surface area contributed by atoms with Crippen molar-refractivity contribution in [3.8, 4) is 0 Å². The molecule has 2 fully saturated rings. The number of nitrogens with zero attached hydrogens (tertiary/aromatic N) is 3. The molecule has 0 aromatic carbocycles. The summed E-state index contributed by atoms with van der Waals surface area (Å²) in [5.41, 5.74) is 0. The number of hydrogen-bond donors (Lipinski definition) is 1. The lowest BCUT2D eigenvalue weighted by Gasteiger charge is -2.32. The molecule has 0 aromatic rings. The Morgan fingerprint density at radius 3 is 2.52 bits per heavy atom. The van der Waals surface area contributed by atoms with Gasteiger partial charge in [0.15, 0.2) is 0 Å². The van der Waals surface area contributed by atoms with E-state index in [1.165, 1.54) is 11.3 Å². The third-order valence-electron chi connectivity index (χ3n) is 4.60. The Hall–Kier alpha value is -1.30. The van der Waals surface area contributed by atoms with Gasteiger partial charge in [-0.3, -0.25) is 9.69 Å². The highest BCUT2D eigenvalue weighted by atomic mass is 16.4. The fraction of sp³-hybridized carbons (Fsp3) is 0.867. The first kappa shape index (κ1) is 16.1. The fourth-order valence-electron chi connectivity index (χ4n) is 3.50. The van der Waals surface area contributed by atoms with Gasteiger partial charge in [-0.2, -0.15) is 0 Å². The van der Waals surface area contributed by atoms with Crippen LogP contribution in [0, 0.1) is 5.92 Å². The lowest BCUT2D eigenvalue weighted by Crippen LogP contribution is -2.49. The molecule has 0 spiro atoms. The third kappa shape index (κ3) is 3.87. The summed E-state index contributed by atoms with van der Waals surface area (Å²) in [7, 11) is 2.14. The van der Waals surface area contributed by atoms with E-state index in [0.717, 1.165) is 25.9 Å². The number of hydrogen-bond acceptors (Lipinski definition) is 3. The van der Waals surface area contributed by atoms with Crippen molar-refractivity contribution in [2.45, 2.75) is 45.2 Å². The van der Waals surface area contributed by atoms with Crippen LogP contribution in [0.3, 0.4) is 0 Å². The van der Waals surface area contributed by atoms with Gasteiger partial charge in [-0.25, -0.2) is 4.79 Å². The van der Waals surface area contributed by atoms with Crippen molar-refractivity contribution >= 4 is 12.0 Å². The molecule has 2 bridgehead atoms. The van der Waals surface area contributed by atoms with Crippen LogP contribution in [-0.2, 0) is 4.79 Å². The van der Waals surface area contributed by atoms with Crippen LogP contribution in [0.25, 0.3) is 0 Å². The molecule has 0 saturated carbocycles. The number of urea groups is 1. The third-order valence-corrected chi connectivity index (χ3v) is 4.60. The number of carboxylic acid groups (broad SMARTS) is 1. The Morgan fingerprint density at radius 2 is 1.90 bits per heavy atom. The number of carboxylic acids is 1. The number of amides is 2. The molecule has 2 atom stereocenters. The minimum absolute atomic E-state index is 0.118. The van der Waals surface area contributed by atoms with Gasteiger partial charge >= 0.3 is 12.0 Å². The van der Waals surface area contributed by atoms with Crippen LogP contribution in [0.15, 0.2) is 0 Å². The second-order valence-corrected chi connectivity index (χ2v) is 6.74. The highest BCUT2D eigenvalue weighted by Crippen LogP contribution is 2.28. The first-order valence-corrected chi connectivity index (χ1v) is 7.86. The Labute approximate surface area is 126 Å². The summed E-state index contributed by atoms with van der Waals surface area (Å²) in [6.45, 7) is 5.74. The van der Waals surface area contributed by atoms with Gasteiger partial charge in [-0.1, -0.05) is 13.8 Å². The average Bonchev–Trinajstić information content (AvgIpc) is 2.60. The van der Waals surface area contributed by atoms with Crippen LogP contribution in [-0.4, -0.2) is 77.1 Å². The van der Waals surface area contributed by atoms with Crippen molar-refractivity contribution in [2.24, 2.45) is 5.92 Å². The number of carbonyl (C=O) groups is 2. The topological polar surface area (TPSA) is 64.1 Å². The number of carbonyl (C=O) groups excluding carboxylic acids is 1. The molecule has 6 nitrogen and oxygen atoms in total. The van der Waals surface area contributed by atoms with Crippen LogP contribution < -0.4 is 0 Å². The van der Waals surface area contributed by atoms with Gasteiger partial charge in [-0.05, 0) is 32.2 Å².